The number of sulfonamides is 1. The zero-order valence-corrected chi connectivity index (χ0v) is 18.9. The first-order chi connectivity index (χ1) is 13.9. The molecule has 0 amide bonds. The molecule has 1 aromatic carbocycles. The molecule has 0 atom stereocenters. The van der Waals surface area contributed by atoms with Gasteiger partial charge in [-0.25, -0.2) is 12.7 Å². The molecular weight excluding hydrogens is 386 g/mol. The van der Waals surface area contributed by atoms with Crippen molar-refractivity contribution < 1.29 is 13.2 Å². The van der Waals surface area contributed by atoms with Crippen LogP contribution in [0.2, 0.25) is 0 Å². The Kier molecular flexibility index (Phi) is 8.35. The second kappa shape index (κ2) is 10.8. The summed E-state index contributed by atoms with van der Waals surface area (Å²) < 4.78 is 31.3. The lowest BCUT2D eigenvalue weighted by atomic mass is 9.96. The number of benzene rings is 1. The third-order valence-corrected chi connectivity index (χ3v) is 8.03. The van der Waals surface area contributed by atoms with Crippen LogP contribution in [0.5, 0.6) is 5.75 Å². The predicted octanol–water partition coefficient (Wildman–Crippen LogP) is 2.90. The lowest BCUT2D eigenvalue weighted by Crippen LogP contribution is -2.40. The minimum atomic E-state index is -3.38. The molecule has 0 saturated carbocycles. The van der Waals surface area contributed by atoms with Gasteiger partial charge in [-0.1, -0.05) is 12.8 Å². The second-order valence-electron chi connectivity index (χ2n) is 8.61. The van der Waals surface area contributed by atoms with Gasteiger partial charge in [0.05, 0.1) is 4.90 Å². The lowest BCUT2D eigenvalue weighted by Gasteiger charge is -2.34. The molecule has 0 bridgehead atoms. The van der Waals surface area contributed by atoms with Crippen LogP contribution in [0.25, 0.3) is 0 Å². The van der Waals surface area contributed by atoms with E-state index in [0.29, 0.717) is 11.5 Å². The zero-order valence-electron chi connectivity index (χ0n) is 18.1. The highest BCUT2D eigenvalue weighted by molar-refractivity contribution is 7.89. The average molecular weight is 424 g/mol. The molecule has 2 saturated heterocycles. The van der Waals surface area contributed by atoms with Crippen LogP contribution in [-0.4, -0.2) is 82.5 Å². The minimum absolute atomic E-state index is 0.293. The first-order valence-electron chi connectivity index (χ1n) is 11.1. The van der Waals surface area contributed by atoms with E-state index in [1.807, 2.05) is 0 Å². The third-order valence-electron chi connectivity index (χ3n) is 6.20. The summed E-state index contributed by atoms with van der Waals surface area (Å²) in [4.78, 5) is 5.47. The van der Waals surface area contributed by atoms with E-state index in [4.69, 9.17) is 4.74 Å². The van der Waals surface area contributed by atoms with E-state index in [1.54, 1.807) is 24.3 Å². The van der Waals surface area contributed by atoms with E-state index in [9.17, 15) is 8.42 Å². The third kappa shape index (κ3) is 6.67. The van der Waals surface area contributed by atoms with E-state index >= 15 is 0 Å². The van der Waals surface area contributed by atoms with Crippen LogP contribution in [0, 0.1) is 5.92 Å². The van der Waals surface area contributed by atoms with Crippen LogP contribution in [0.3, 0.4) is 0 Å². The van der Waals surface area contributed by atoms with Crippen molar-refractivity contribution in [2.75, 3.05) is 60.0 Å². The molecule has 6 nitrogen and oxygen atoms in total. The number of likely N-dealkylation sites (tertiary alicyclic amines) is 2. The maximum atomic E-state index is 12.1. The summed E-state index contributed by atoms with van der Waals surface area (Å²) in [7, 11) is -0.306. The summed E-state index contributed by atoms with van der Waals surface area (Å²) in [5, 5.41) is 0. The Morgan fingerprint density at radius 3 is 2.14 bits per heavy atom. The minimum Gasteiger partial charge on any atom is -0.492 e. The van der Waals surface area contributed by atoms with Crippen molar-refractivity contribution >= 4 is 10.0 Å². The maximum absolute atomic E-state index is 12.1. The Morgan fingerprint density at radius 2 is 1.55 bits per heavy atom. The van der Waals surface area contributed by atoms with Crippen molar-refractivity contribution in [2.45, 2.75) is 43.4 Å². The first-order valence-corrected chi connectivity index (χ1v) is 12.5. The molecule has 2 aliphatic rings. The summed E-state index contributed by atoms with van der Waals surface area (Å²) >= 11 is 0. The van der Waals surface area contributed by atoms with Gasteiger partial charge in [-0.15, -0.1) is 0 Å². The standard InChI is InChI=1S/C22H37N3O3S/c1-23(2)29(26,27)22-9-7-21(8-10-22)28-18-17-24-15-11-20(12-16-24)19-25-13-5-3-4-6-14-25/h7-10,20H,3-6,11-19H2,1-2H3. The number of hydrogen-bond acceptors (Lipinski definition) is 5. The Morgan fingerprint density at radius 1 is 0.931 bits per heavy atom. The fraction of sp³-hybridized carbons (Fsp3) is 0.727. The molecule has 0 spiro atoms. The van der Waals surface area contributed by atoms with E-state index < -0.39 is 10.0 Å². The van der Waals surface area contributed by atoms with Crippen LogP contribution in [-0.2, 0) is 10.0 Å². The van der Waals surface area contributed by atoms with Gasteiger partial charge in [0.25, 0.3) is 0 Å². The van der Waals surface area contributed by atoms with Crippen molar-refractivity contribution in [3.8, 4) is 5.75 Å². The molecule has 7 heteroatoms. The lowest BCUT2D eigenvalue weighted by molar-refractivity contribution is 0.129. The number of piperidine rings is 1. The number of ether oxygens (including phenoxy) is 1. The normalized spacial score (nSPS) is 20.7. The molecule has 0 N–H and O–H groups in total. The molecule has 0 aliphatic carbocycles. The summed E-state index contributed by atoms with van der Waals surface area (Å²) in [5.74, 6) is 1.57. The molecule has 0 unspecified atom stereocenters. The average Bonchev–Trinajstić information content (AvgIpc) is 2.98. The van der Waals surface area contributed by atoms with Crippen LogP contribution in [0.4, 0.5) is 0 Å². The van der Waals surface area contributed by atoms with Crippen molar-refractivity contribution in [1.29, 1.82) is 0 Å². The maximum Gasteiger partial charge on any atom is 0.242 e. The molecule has 1 aromatic rings. The molecule has 0 radical (unpaired) electrons. The van der Waals surface area contributed by atoms with Crippen molar-refractivity contribution in [3.05, 3.63) is 24.3 Å². The summed E-state index contributed by atoms with van der Waals surface area (Å²) in [6, 6.07) is 6.70. The van der Waals surface area contributed by atoms with Gasteiger partial charge in [0.2, 0.25) is 10.0 Å². The van der Waals surface area contributed by atoms with E-state index in [2.05, 4.69) is 9.80 Å². The fourth-order valence-corrected chi connectivity index (χ4v) is 5.19. The van der Waals surface area contributed by atoms with Crippen molar-refractivity contribution in [1.82, 2.24) is 14.1 Å². The smallest absolute Gasteiger partial charge is 0.242 e. The summed E-state index contributed by atoms with van der Waals surface area (Å²) in [6.45, 7) is 7.74. The van der Waals surface area contributed by atoms with Crippen molar-refractivity contribution in [3.63, 3.8) is 0 Å². The van der Waals surface area contributed by atoms with Crippen LogP contribution in [0.1, 0.15) is 38.5 Å². The molecule has 29 heavy (non-hydrogen) atoms. The molecule has 3 rings (SSSR count). The van der Waals surface area contributed by atoms with Gasteiger partial charge in [0.15, 0.2) is 0 Å². The fourth-order valence-electron chi connectivity index (χ4n) is 4.29. The zero-order chi connectivity index (χ0) is 20.7. The molecule has 2 heterocycles. The SMILES string of the molecule is CN(C)S(=O)(=O)c1ccc(OCCN2CCC(CN3CCCCCC3)CC2)cc1. The van der Waals surface area contributed by atoms with Gasteiger partial charge in [-0.2, -0.15) is 0 Å². The Hall–Kier alpha value is -1.15. The van der Waals surface area contributed by atoms with Gasteiger partial charge < -0.3 is 9.64 Å². The molecule has 2 fully saturated rings. The molecular formula is C22H37N3O3S. The predicted molar refractivity (Wildman–Crippen MR) is 117 cm³/mol. The number of nitrogens with zero attached hydrogens (tertiary/aromatic N) is 3. The topological polar surface area (TPSA) is 53.1 Å². The highest BCUT2D eigenvalue weighted by atomic mass is 32.2. The largest absolute Gasteiger partial charge is 0.492 e. The number of rotatable bonds is 8. The van der Waals surface area contributed by atoms with Gasteiger partial charge >= 0.3 is 0 Å². The molecule has 2 aliphatic heterocycles. The van der Waals surface area contributed by atoms with Gasteiger partial charge in [-0.3, -0.25) is 4.90 Å². The second-order valence-corrected chi connectivity index (χ2v) is 10.8. The van der Waals surface area contributed by atoms with Gasteiger partial charge in [0, 0.05) is 27.2 Å². The van der Waals surface area contributed by atoms with Gasteiger partial charge in [-0.05, 0) is 82.0 Å². The summed E-state index contributed by atoms with van der Waals surface area (Å²) in [5.41, 5.74) is 0. The molecule has 164 valence electrons. The Bertz CT molecular complexity index is 705. The van der Waals surface area contributed by atoms with Crippen LogP contribution >= 0.6 is 0 Å². The quantitative estimate of drug-likeness (QED) is 0.644. The van der Waals surface area contributed by atoms with Crippen LogP contribution < -0.4 is 4.74 Å². The first kappa shape index (κ1) is 22.5. The summed E-state index contributed by atoms with van der Waals surface area (Å²) in [6.07, 6.45) is 8.13. The monoisotopic (exact) mass is 423 g/mol. The highest BCUT2D eigenvalue weighted by Gasteiger charge is 2.22. The van der Waals surface area contributed by atoms with Gasteiger partial charge in [0.1, 0.15) is 12.4 Å². The van der Waals surface area contributed by atoms with E-state index in [-0.39, 0.29) is 0 Å². The highest BCUT2D eigenvalue weighted by Crippen LogP contribution is 2.21. The van der Waals surface area contributed by atoms with E-state index in [1.165, 1.54) is 76.6 Å². The Balaban J connectivity index is 1.35. The van der Waals surface area contributed by atoms with Crippen molar-refractivity contribution in [2.24, 2.45) is 5.92 Å². The Labute approximate surface area is 176 Å². The molecule has 0 aromatic heterocycles. The number of hydrogen-bond donors (Lipinski definition) is 0. The van der Waals surface area contributed by atoms with Crippen LogP contribution in [0.15, 0.2) is 29.2 Å². The van der Waals surface area contributed by atoms with E-state index in [0.717, 1.165) is 31.3 Å².